The van der Waals surface area contributed by atoms with Crippen LogP contribution in [0.1, 0.15) is 38.3 Å². The van der Waals surface area contributed by atoms with Gasteiger partial charge in [0, 0.05) is 22.5 Å². The molecule has 0 radical (unpaired) electrons. The molecule has 6 heteroatoms. The van der Waals surface area contributed by atoms with E-state index in [-0.39, 0.29) is 30.0 Å². The number of carbonyl (C=O) groups is 1. The summed E-state index contributed by atoms with van der Waals surface area (Å²) in [4.78, 5) is 12.2. The van der Waals surface area contributed by atoms with Crippen LogP contribution in [0.4, 0.5) is 4.39 Å². The van der Waals surface area contributed by atoms with Gasteiger partial charge in [0.15, 0.2) is 0 Å². The van der Waals surface area contributed by atoms with Gasteiger partial charge in [0.25, 0.3) is 0 Å². The Morgan fingerprint density at radius 1 is 1.52 bits per heavy atom. The van der Waals surface area contributed by atoms with Gasteiger partial charge in [-0.15, -0.1) is 12.4 Å². The first-order valence-corrected chi connectivity index (χ1v) is 7.34. The molecule has 3 atom stereocenters. The third-order valence-electron chi connectivity index (χ3n) is 3.79. The summed E-state index contributed by atoms with van der Waals surface area (Å²) in [6.45, 7) is 4.66. The van der Waals surface area contributed by atoms with Gasteiger partial charge < -0.3 is 10.6 Å². The molecule has 1 aromatic rings. The summed E-state index contributed by atoms with van der Waals surface area (Å²) in [5, 5.41) is 6.53. The van der Waals surface area contributed by atoms with Crippen molar-refractivity contribution in [2.24, 2.45) is 5.92 Å². The summed E-state index contributed by atoms with van der Waals surface area (Å²) in [5.41, 5.74) is 0.351. The maximum Gasteiger partial charge on any atom is 0.223 e. The second-order valence-corrected chi connectivity index (χ2v) is 5.85. The fourth-order valence-corrected chi connectivity index (χ4v) is 3.02. The Morgan fingerprint density at radius 2 is 2.24 bits per heavy atom. The average Bonchev–Trinajstić information content (AvgIpc) is 2.38. The number of amides is 1. The predicted molar refractivity (Wildman–Crippen MR) is 85.4 cm³/mol. The predicted octanol–water partition coefficient (Wildman–Crippen LogP) is 3.47. The summed E-state index contributed by atoms with van der Waals surface area (Å²) in [6, 6.07) is 4.46. The van der Waals surface area contributed by atoms with E-state index < -0.39 is 6.04 Å². The molecule has 0 bridgehead atoms. The van der Waals surface area contributed by atoms with Crippen molar-refractivity contribution in [1.29, 1.82) is 0 Å². The van der Waals surface area contributed by atoms with Crippen molar-refractivity contribution in [2.45, 2.75) is 38.8 Å². The quantitative estimate of drug-likeness (QED) is 0.888. The SMILES string of the molecule is CC(NC(=O)[C@H]1CCN[C@@H](C)C1)c1c(F)cccc1Cl.Cl. The van der Waals surface area contributed by atoms with E-state index in [2.05, 4.69) is 17.6 Å². The molecule has 1 unspecified atom stereocenters. The topological polar surface area (TPSA) is 41.1 Å². The Kier molecular flexibility index (Phi) is 6.91. The van der Waals surface area contributed by atoms with Gasteiger partial charge in [0.2, 0.25) is 5.91 Å². The van der Waals surface area contributed by atoms with E-state index in [1.807, 2.05) is 0 Å². The van der Waals surface area contributed by atoms with E-state index in [1.54, 1.807) is 19.1 Å². The largest absolute Gasteiger partial charge is 0.349 e. The minimum atomic E-state index is -0.429. The summed E-state index contributed by atoms with van der Waals surface area (Å²) in [6.07, 6.45) is 1.62. The monoisotopic (exact) mass is 334 g/mol. The average molecular weight is 335 g/mol. The summed E-state index contributed by atoms with van der Waals surface area (Å²) < 4.78 is 13.8. The van der Waals surface area contributed by atoms with Crippen molar-refractivity contribution < 1.29 is 9.18 Å². The first-order chi connectivity index (χ1) is 9.49. The number of benzene rings is 1. The van der Waals surface area contributed by atoms with Crippen molar-refractivity contribution in [3.8, 4) is 0 Å². The Balaban J connectivity index is 0.00000220. The lowest BCUT2D eigenvalue weighted by molar-refractivity contribution is -0.126. The Bertz CT molecular complexity index is 478. The molecule has 0 aliphatic carbocycles. The molecular weight excluding hydrogens is 314 g/mol. The molecule has 21 heavy (non-hydrogen) atoms. The van der Waals surface area contributed by atoms with Crippen LogP contribution in [0.25, 0.3) is 0 Å². The summed E-state index contributed by atoms with van der Waals surface area (Å²) in [5.74, 6) is -0.423. The molecule has 1 fully saturated rings. The van der Waals surface area contributed by atoms with E-state index in [4.69, 9.17) is 11.6 Å². The van der Waals surface area contributed by atoms with Crippen LogP contribution in [0.2, 0.25) is 5.02 Å². The molecule has 1 aliphatic heterocycles. The van der Waals surface area contributed by atoms with Gasteiger partial charge in [-0.25, -0.2) is 4.39 Å². The molecule has 0 aromatic heterocycles. The second-order valence-electron chi connectivity index (χ2n) is 5.44. The van der Waals surface area contributed by atoms with Crippen LogP contribution < -0.4 is 10.6 Å². The molecule has 2 N–H and O–H groups in total. The Labute approximate surface area is 136 Å². The first-order valence-electron chi connectivity index (χ1n) is 6.96. The highest BCUT2D eigenvalue weighted by Gasteiger charge is 2.26. The molecule has 3 nitrogen and oxygen atoms in total. The van der Waals surface area contributed by atoms with Gasteiger partial charge in [0.05, 0.1) is 6.04 Å². The number of rotatable bonds is 3. The van der Waals surface area contributed by atoms with E-state index in [0.717, 1.165) is 19.4 Å². The molecule has 1 amide bonds. The third kappa shape index (κ3) is 4.56. The van der Waals surface area contributed by atoms with Crippen LogP contribution in [0.5, 0.6) is 0 Å². The maximum absolute atomic E-state index is 13.8. The molecule has 1 aliphatic rings. The second kappa shape index (κ2) is 7.97. The number of nitrogens with one attached hydrogen (secondary N) is 2. The van der Waals surface area contributed by atoms with Crippen LogP contribution >= 0.6 is 24.0 Å². The van der Waals surface area contributed by atoms with Crippen molar-refractivity contribution in [3.05, 3.63) is 34.6 Å². The van der Waals surface area contributed by atoms with E-state index in [9.17, 15) is 9.18 Å². The Hall–Kier alpha value is -0.840. The fourth-order valence-electron chi connectivity index (χ4n) is 2.70. The van der Waals surface area contributed by atoms with Gasteiger partial charge in [-0.3, -0.25) is 4.79 Å². The van der Waals surface area contributed by atoms with Gasteiger partial charge >= 0.3 is 0 Å². The highest BCUT2D eigenvalue weighted by molar-refractivity contribution is 6.31. The summed E-state index contributed by atoms with van der Waals surface area (Å²) >= 11 is 6.02. The van der Waals surface area contributed by atoms with Crippen LogP contribution in [0.15, 0.2) is 18.2 Å². The van der Waals surface area contributed by atoms with Gasteiger partial charge in [-0.1, -0.05) is 17.7 Å². The molecule has 1 aromatic carbocycles. The van der Waals surface area contributed by atoms with E-state index >= 15 is 0 Å². The third-order valence-corrected chi connectivity index (χ3v) is 4.12. The smallest absolute Gasteiger partial charge is 0.223 e. The Morgan fingerprint density at radius 3 is 2.86 bits per heavy atom. The van der Waals surface area contributed by atoms with E-state index in [0.29, 0.717) is 16.6 Å². The zero-order valence-corrected chi connectivity index (χ0v) is 13.7. The first kappa shape index (κ1) is 18.2. The molecule has 0 saturated carbocycles. The minimum absolute atomic E-state index is 0. The lowest BCUT2D eigenvalue weighted by Crippen LogP contribution is -2.43. The van der Waals surface area contributed by atoms with Crippen molar-refractivity contribution in [2.75, 3.05) is 6.54 Å². The zero-order valence-electron chi connectivity index (χ0n) is 12.2. The minimum Gasteiger partial charge on any atom is -0.349 e. The van der Waals surface area contributed by atoms with Crippen LogP contribution in [-0.2, 0) is 4.79 Å². The molecule has 1 heterocycles. The number of hydrogen-bond acceptors (Lipinski definition) is 2. The van der Waals surface area contributed by atoms with Crippen LogP contribution in [0, 0.1) is 11.7 Å². The zero-order chi connectivity index (χ0) is 14.7. The highest BCUT2D eigenvalue weighted by atomic mass is 35.5. The standard InChI is InChI=1S/C15H20ClFN2O.ClH/c1-9-8-11(6-7-18-9)15(20)19-10(2)14-12(16)4-3-5-13(14)17;/h3-5,9-11,18H,6-8H2,1-2H3,(H,19,20);1H/t9-,10?,11-;/m0./s1. The molecular formula is C15H21Cl2FN2O. The van der Waals surface area contributed by atoms with Crippen molar-refractivity contribution in [3.63, 3.8) is 0 Å². The molecule has 1 saturated heterocycles. The highest BCUT2D eigenvalue weighted by Crippen LogP contribution is 2.26. The lowest BCUT2D eigenvalue weighted by atomic mass is 9.92. The van der Waals surface area contributed by atoms with Crippen molar-refractivity contribution in [1.82, 2.24) is 10.6 Å². The normalized spacial score (nSPS) is 23.0. The fraction of sp³-hybridized carbons (Fsp3) is 0.533. The number of halogens is 3. The van der Waals surface area contributed by atoms with Crippen LogP contribution in [0.3, 0.4) is 0 Å². The number of hydrogen-bond donors (Lipinski definition) is 2. The summed E-state index contributed by atoms with van der Waals surface area (Å²) in [7, 11) is 0. The van der Waals surface area contributed by atoms with Gasteiger partial charge in [0.1, 0.15) is 5.82 Å². The van der Waals surface area contributed by atoms with Crippen LogP contribution in [-0.4, -0.2) is 18.5 Å². The molecule has 0 spiro atoms. The molecule has 2 rings (SSSR count). The van der Waals surface area contributed by atoms with Gasteiger partial charge in [-0.2, -0.15) is 0 Å². The van der Waals surface area contributed by atoms with Crippen molar-refractivity contribution >= 4 is 29.9 Å². The number of piperidine rings is 1. The maximum atomic E-state index is 13.8. The van der Waals surface area contributed by atoms with Gasteiger partial charge in [-0.05, 0) is 45.4 Å². The molecule has 118 valence electrons. The lowest BCUT2D eigenvalue weighted by Gasteiger charge is -2.28. The number of carbonyl (C=O) groups excluding carboxylic acids is 1. The van der Waals surface area contributed by atoms with E-state index in [1.165, 1.54) is 6.07 Å².